The van der Waals surface area contributed by atoms with Crippen molar-refractivity contribution in [3.8, 4) is 22.7 Å². The summed E-state index contributed by atoms with van der Waals surface area (Å²) in [6, 6.07) is 9.89. The van der Waals surface area contributed by atoms with Crippen LogP contribution in [0.15, 0.2) is 39.3 Å². The van der Waals surface area contributed by atoms with Gasteiger partial charge in [-0.3, -0.25) is 4.90 Å². The third kappa shape index (κ3) is 4.83. The molecule has 0 N–H and O–H groups in total. The Balaban J connectivity index is 1.85. The van der Waals surface area contributed by atoms with Crippen molar-refractivity contribution in [1.82, 2.24) is 20.3 Å². The molecule has 0 aliphatic heterocycles. The minimum Gasteiger partial charge on any atom is -0.419 e. The van der Waals surface area contributed by atoms with E-state index in [-0.39, 0.29) is 0 Å². The van der Waals surface area contributed by atoms with Crippen LogP contribution in [0, 0.1) is 18.8 Å². The Morgan fingerprint density at radius 3 is 2.26 bits per heavy atom. The number of benzene rings is 1. The molecule has 3 rings (SSSR count). The fourth-order valence-electron chi connectivity index (χ4n) is 3.26. The molecule has 0 aliphatic rings. The van der Waals surface area contributed by atoms with Gasteiger partial charge in [0.15, 0.2) is 0 Å². The van der Waals surface area contributed by atoms with E-state index in [2.05, 4.69) is 47.9 Å². The van der Waals surface area contributed by atoms with Crippen LogP contribution in [0.5, 0.6) is 0 Å². The molecule has 6 nitrogen and oxygen atoms in total. The summed E-state index contributed by atoms with van der Waals surface area (Å²) in [5.74, 6) is 2.90. The smallest absolute Gasteiger partial charge is 0.253 e. The SMILES string of the molecule is Cc1onc(-c2ccccc2)c1-c1nnc(CN(CC(C)C)CC(C)C)o1. The van der Waals surface area contributed by atoms with E-state index in [4.69, 9.17) is 8.94 Å². The highest BCUT2D eigenvalue weighted by Gasteiger charge is 2.22. The van der Waals surface area contributed by atoms with E-state index in [0.29, 0.717) is 35.9 Å². The average Bonchev–Trinajstić information content (AvgIpc) is 3.20. The van der Waals surface area contributed by atoms with E-state index in [1.165, 1.54) is 0 Å². The van der Waals surface area contributed by atoms with Crippen LogP contribution in [0.4, 0.5) is 0 Å². The summed E-state index contributed by atoms with van der Waals surface area (Å²) < 4.78 is 11.4. The highest BCUT2D eigenvalue weighted by molar-refractivity contribution is 5.77. The van der Waals surface area contributed by atoms with Gasteiger partial charge in [-0.2, -0.15) is 0 Å². The lowest BCUT2D eigenvalue weighted by Crippen LogP contribution is -2.31. The Kier molecular flexibility index (Phi) is 6.06. The second kappa shape index (κ2) is 8.48. The fraction of sp³-hybridized carbons (Fsp3) is 0.476. The van der Waals surface area contributed by atoms with Gasteiger partial charge >= 0.3 is 0 Å². The van der Waals surface area contributed by atoms with Gasteiger partial charge in [0.25, 0.3) is 5.89 Å². The van der Waals surface area contributed by atoms with Gasteiger partial charge in [-0.05, 0) is 18.8 Å². The summed E-state index contributed by atoms with van der Waals surface area (Å²) >= 11 is 0. The Bertz CT molecular complexity index is 842. The molecule has 0 unspecified atom stereocenters. The lowest BCUT2D eigenvalue weighted by atomic mass is 10.1. The first-order valence-corrected chi connectivity index (χ1v) is 9.50. The van der Waals surface area contributed by atoms with Gasteiger partial charge in [0.05, 0.1) is 6.54 Å². The molecule has 2 heterocycles. The number of aromatic nitrogens is 3. The van der Waals surface area contributed by atoms with Gasteiger partial charge in [-0.1, -0.05) is 63.2 Å². The van der Waals surface area contributed by atoms with E-state index in [1.54, 1.807) is 0 Å². The van der Waals surface area contributed by atoms with Crippen molar-refractivity contribution in [2.24, 2.45) is 11.8 Å². The lowest BCUT2D eigenvalue weighted by molar-refractivity contribution is 0.194. The summed E-state index contributed by atoms with van der Waals surface area (Å²) in [6.07, 6.45) is 0. The summed E-state index contributed by atoms with van der Waals surface area (Å²) in [4.78, 5) is 2.37. The number of hydrogen-bond donors (Lipinski definition) is 0. The van der Waals surface area contributed by atoms with Crippen LogP contribution >= 0.6 is 0 Å². The molecule has 0 saturated carbocycles. The first kappa shape index (κ1) is 19.3. The molecule has 0 aliphatic carbocycles. The molecule has 0 amide bonds. The molecular weight excluding hydrogens is 340 g/mol. The third-order valence-corrected chi connectivity index (χ3v) is 4.20. The molecular formula is C21H28N4O2. The van der Waals surface area contributed by atoms with Crippen molar-refractivity contribution in [2.75, 3.05) is 13.1 Å². The summed E-state index contributed by atoms with van der Waals surface area (Å²) in [5, 5.41) is 12.7. The second-order valence-electron chi connectivity index (χ2n) is 7.81. The summed E-state index contributed by atoms with van der Waals surface area (Å²) in [6.45, 7) is 13.4. The number of nitrogens with zero attached hydrogens (tertiary/aromatic N) is 4. The zero-order valence-corrected chi connectivity index (χ0v) is 16.8. The average molecular weight is 368 g/mol. The van der Waals surface area contributed by atoms with Crippen LogP contribution in [0.3, 0.4) is 0 Å². The van der Waals surface area contributed by atoms with Crippen LogP contribution in [-0.2, 0) is 6.54 Å². The van der Waals surface area contributed by atoms with Gasteiger partial charge in [0, 0.05) is 18.7 Å². The Hall–Kier alpha value is -2.47. The van der Waals surface area contributed by atoms with Gasteiger partial charge < -0.3 is 8.94 Å². The second-order valence-corrected chi connectivity index (χ2v) is 7.81. The van der Waals surface area contributed by atoms with Crippen molar-refractivity contribution in [3.05, 3.63) is 42.0 Å². The Labute approximate surface area is 160 Å². The third-order valence-electron chi connectivity index (χ3n) is 4.20. The number of hydrogen-bond acceptors (Lipinski definition) is 6. The highest BCUT2D eigenvalue weighted by Crippen LogP contribution is 2.33. The van der Waals surface area contributed by atoms with Crippen molar-refractivity contribution in [1.29, 1.82) is 0 Å². The molecule has 0 radical (unpaired) electrons. The molecule has 0 spiro atoms. The zero-order chi connectivity index (χ0) is 19.4. The van der Waals surface area contributed by atoms with Crippen LogP contribution in [0.25, 0.3) is 22.7 Å². The topological polar surface area (TPSA) is 68.2 Å². The number of rotatable bonds is 8. The molecule has 144 valence electrons. The van der Waals surface area contributed by atoms with E-state index >= 15 is 0 Å². The van der Waals surface area contributed by atoms with E-state index < -0.39 is 0 Å². The lowest BCUT2D eigenvalue weighted by Gasteiger charge is -2.24. The zero-order valence-electron chi connectivity index (χ0n) is 16.8. The van der Waals surface area contributed by atoms with Gasteiger partial charge in [0.1, 0.15) is 17.0 Å². The number of aryl methyl sites for hydroxylation is 1. The molecule has 0 bridgehead atoms. The van der Waals surface area contributed by atoms with Gasteiger partial charge in [-0.15, -0.1) is 10.2 Å². The first-order valence-electron chi connectivity index (χ1n) is 9.50. The maximum Gasteiger partial charge on any atom is 0.253 e. The van der Waals surface area contributed by atoms with Crippen LogP contribution in [-0.4, -0.2) is 33.3 Å². The molecule has 3 aromatic rings. The molecule has 2 aromatic heterocycles. The van der Waals surface area contributed by atoms with Gasteiger partial charge in [0.2, 0.25) is 5.89 Å². The normalized spacial score (nSPS) is 11.9. The maximum atomic E-state index is 6.00. The van der Waals surface area contributed by atoms with Gasteiger partial charge in [-0.25, -0.2) is 0 Å². The monoisotopic (exact) mass is 368 g/mol. The van der Waals surface area contributed by atoms with E-state index in [9.17, 15) is 0 Å². The Morgan fingerprint density at radius 2 is 1.63 bits per heavy atom. The fourth-order valence-corrected chi connectivity index (χ4v) is 3.26. The molecule has 0 saturated heterocycles. The largest absolute Gasteiger partial charge is 0.419 e. The minimum absolute atomic E-state index is 0.455. The predicted octanol–water partition coefficient (Wildman–Crippen LogP) is 4.81. The predicted molar refractivity (Wildman–Crippen MR) is 105 cm³/mol. The summed E-state index contributed by atoms with van der Waals surface area (Å²) in [7, 11) is 0. The van der Waals surface area contributed by atoms with Crippen LogP contribution < -0.4 is 0 Å². The van der Waals surface area contributed by atoms with E-state index in [1.807, 2.05) is 37.3 Å². The molecule has 6 heteroatoms. The standard InChI is InChI=1S/C21H28N4O2/c1-14(2)11-25(12-15(3)4)13-18-22-23-21(26-18)19-16(5)27-24-20(19)17-9-7-6-8-10-17/h6-10,14-15H,11-13H2,1-5H3. The van der Waals surface area contributed by atoms with Crippen LogP contribution in [0.1, 0.15) is 39.3 Å². The van der Waals surface area contributed by atoms with Crippen molar-refractivity contribution < 1.29 is 8.94 Å². The van der Waals surface area contributed by atoms with Crippen molar-refractivity contribution >= 4 is 0 Å². The summed E-state index contributed by atoms with van der Waals surface area (Å²) in [5.41, 5.74) is 2.45. The molecule has 0 fully saturated rings. The van der Waals surface area contributed by atoms with Crippen molar-refractivity contribution in [3.63, 3.8) is 0 Å². The quantitative estimate of drug-likeness (QED) is 0.568. The highest BCUT2D eigenvalue weighted by atomic mass is 16.5. The Morgan fingerprint density at radius 1 is 0.963 bits per heavy atom. The maximum absolute atomic E-state index is 6.00. The van der Waals surface area contributed by atoms with Crippen molar-refractivity contribution in [2.45, 2.75) is 41.2 Å². The molecule has 1 aromatic carbocycles. The minimum atomic E-state index is 0.455. The van der Waals surface area contributed by atoms with Crippen LogP contribution in [0.2, 0.25) is 0 Å². The molecule has 27 heavy (non-hydrogen) atoms. The van der Waals surface area contributed by atoms with E-state index in [0.717, 1.165) is 29.9 Å². The molecule has 0 atom stereocenters. The first-order chi connectivity index (χ1) is 12.9.